The molecule has 3 heteroatoms. The van der Waals surface area contributed by atoms with E-state index in [-0.39, 0.29) is 0 Å². The fourth-order valence-corrected chi connectivity index (χ4v) is 2.58. The highest BCUT2D eigenvalue weighted by atomic mass is 35.5. The number of hydrogen-bond donors (Lipinski definition) is 1. The third-order valence-electron chi connectivity index (χ3n) is 3.54. The molecule has 0 fully saturated rings. The first kappa shape index (κ1) is 14.1. The molecule has 0 saturated carbocycles. The molecule has 3 rings (SSSR count). The van der Waals surface area contributed by atoms with Crippen LogP contribution in [0.1, 0.15) is 16.7 Å². The Labute approximate surface area is 129 Å². The summed E-state index contributed by atoms with van der Waals surface area (Å²) in [6, 6.07) is 18.7. The molecule has 0 bridgehead atoms. The molecule has 21 heavy (non-hydrogen) atoms. The SMILES string of the molecule is ClCc1ccc(CNCc2cccc3cccnc23)cc1. The largest absolute Gasteiger partial charge is 0.309 e. The molecule has 0 spiro atoms. The fraction of sp³-hybridized carbons (Fsp3) is 0.167. The minimum absolute atomic E-state index is 0.565. The lowest BCUT2D eigenvalue weighted by Gasteiger charge is -2.08. The minimum atomic E-state index is 0.565. The Balaban J connectivity index is 1.66. The zero-order valence-corrected chi connectivity index (χ0v) is 12.5. The molecular weight excluding hydrogens is 280 g/mol. The molecule has 1 heterocycles. The highest BCUT2D eigenvalue weighted by Crippen LogP contribution is 2.15. The number of hydrogen-bond acceptors (Lipinski definition) is 2. The van der Waals surface area contributed by atoms with Gasteiger partial charge in [0.05, 0.1) is 5.52 Å². The van der Waals surface area contributed by atoms with Crippen molar-refractivity contribution in [2.24, 2.45) is 0 Å². The minimum Gasteiger partial charge on any atom is -0.309 e. The van der Waals surface area contributed by atoms with Gasteiger partial charge >= 0.3 is 0 Å². The van der Waals surface area contributed by atoms with E-state index in [0.717, 1.165) is 24.2 Å². The lowest BCUT2D eigenvalue weighted by molar-refractivity contribution is 0.695. The van der Waals surface area contributed by atoms with Gasteiger partial charge in [0.2, 0.25) is 0 Å². The second-order valence-electron chi connectivity index (χ2n) is 5.05. The Bertz CT molecular complexity index is 717. The van der Waals surface area contributed by atoms with Gasteiger partial charge in [-0.15, -0.1) is 11.6 Å². The maximum Gasteiger partial charge on any atom is 0.0746 e. The van der Waals surface area contributed by atoms with E-state index in [4.69, 9.17) is 11.6 Å². The van der Waals surface area contributed by atoms with Crippen LogP contribution in [0.15, 0.2) is 60.8 Å². The molecule has 0 unspecified atom stereocenters. The van der Waals surface area contributed by atoms with Gasteiger partial charge in [-0.3, -0.25) is 4.98 Å². The molecule has 0 aliphatic carbocycles. The summed E-state index contributed by atoms with van der Waals surface area (Å²) in [6.07, 6.45) is 1.84. The van der Waals surface area contributed by atoms with E-state index in [1.54, 1.807) is 0 Å². The monoisotopic (exact) mass is 296 g/mol. The van der Waals surface area contributed by atoms with Gasteiger partial charge in [-0.1, -0.05) is 48.5 Å². The summed E-state index contributed by atoms with van der Waals surface area (Å²) < 4.78 is 0. The van der Waals surface area contributed by atoms with Gasteiger partial charge in [0.15, 0.2) is 0 Å². The van der Waals surface area contributed by atoms with Gasteiger partial charge in [0.25, 0.3) is 0 Å². The topological polar surface area (TPSA) is 24.9 Å². The van der Waals surface area contributed by atoms with Crippen LogP contribution in [0, 0.1) is 0 Å². The molecule has 2 aromatic carbocycles. The van der Waals surface area contributed by atoms with Crippen molar-refractivity contribution in [3.63, 3.8) is 0 Å². The Hall–Kier alpha value is -1.90. The van der Waals surface area contributed by atoms with E-state index in [1.807, 2.05) is 12.3 Å². The van der Waals surface area contributed by atoms with Gasteiger partial charge in [-0.05, 0) is 22.8 Å². The average molecular weight is 297 g/mol. The van der Waals surface area contributed by atoms with E-state index in [0.29, 0.717) is 5.88 Å². The maximum absolute atomic E-state index is 5.80. The quantitative estimate of drug-likeness (QED) is 0.712. The van der Waals surface area contributed by atoms with Crippen LogP contribution in [0.3, 0.4) is 0 Å². The molecule has 3 aromatic rings. The average Bonchev–Trinajstić information content (AvgIpc) is 2.56. The molecule has 0 amide bonds. The van der Waals surface area contributed by atoms with Gasteiger partial charge in [0, 0.05) is 30.6 Å². The normalized spacial score (nSPS) is 10.9. The van der Waals surface area contributed by atoms with Crippen molar-refractivity contribution in [2.75, 3.05) is 0 Å². The van der Waals surface area contributed by atoms with Crippen LogP contribution in [0.25, 0.3) is 10.9 Å². The number of aromatic nitrogens is 1. The van der Waals surface area contributed by atoms with Crippen LogP contribution >= 0.6 is 11.6 Å². The number of benzene rings is 2. The van der Waals surface area contributed by atoms with Crippen LogP contribution in [-0.4, -0.2) is 4.98 Å². The first-order chi connectivity index (χ1) is 10.4. The number of alkyl halides is 1. The number of nitrogens with zero attached hydrogens (tertiary/aromatic N) is 1. The third-order valence-corrected chi connectivity index (χ3v) is 3.85. The first-order valence-corrected chi connectivity index (χ1v) is 7.57. The van der Waals surface area contributed by atoms with Gasteiger partial charge < -0.3 is 5.32 Å². The third kappa shape index (κ3) is 3.41. The molecule has 0 saturated heterocycles. The van der Waals surface area contributed by atoms with Crippen LogP contribution in [0.5, 0.6) is 0 Å². The number of fused-ring (bicyclic) bond motifs is 1. The molecule has 2 nitrogen and oxygen atoms in total. The van der Waals surface area contributed by atoms with Gasteiger partial charge in [0.1, 0.15) is 0 Å². The molecular formula is C18H17ClN2. The predicted molar refractivity (Wildman–Crippen MR) is 88.3 cm³/mol. The van der Waals surface area contributed by atoms with Crippen molar-refractivity contribution in [2.45, 2.75) is 19.0 Å². The lowest BCUT2D eigenvalue weighted by atomic mass is 10.1. The summed E-state index contributed by atoms with van der Waals surface area (Å²) in [7, 11) is 0. The van der Waals surface area contributed by atoms with Crippen LogP contribution in [-0.2, 0) is 19.0 Å². The summed E-state index contributed by atoms with van der Waals surface area (Å²) in [4.78, 5) is 4.47. The molecule has 0 radical (unpaired) electrons. The van der Waals surface area contributed by atoms with E-state index >= 15 is 0 Å². The Morgan fingerprint density at radius 3 is 2.43 bits per heavy atom. The number of nitrogens with one attached hydrogen (secondary N) is 1. The molecule has 0 aliphatic heterocycles. The Morgan fingerprint density at radius 1 is 0.857 bits per heavy atom. The van der Waals surface area contributed by atoms with Crippen molar-refractivity contribution in [3.05, 3.63) is 77.5 Å². The van der Waals surface area contributed by atoms with Crippen molar-refractivity contribution in [3.8, 4) is 0 Å². The summed E-state index contributed by atoms with van der Waals surface area (Å²) in [5.41, 5.74) is 4.71. The Kier molecular flexibility index (Phi) is 4.49. The fourth-order valence-electron chi connectivity index (χ4n) is 2.40. The molecule has 1 aromatic heterocycles. The summed E-state index contributed by atoms with van der Waals surface area (Å²) in [5.74, 6) is 0.565. The highest BCUT2D eigenvalue weighted by Gasteiger charge is 2.01. The zero-order chi connectivity index (χ0) is 14.5. The molecule has 0 aliphatic rings. The van der Waals surface area contributed by atoms with Crippen molar-refractivity contribution in [1.29, 1.82) is 0 Å². The second-order valence-corrected chi connectivity index (χ2v) is 5.31. The summed E-state index contributed by atoms with van der Waals surface area (Å²) >= 11 is 5.80. The standard InChI is InChI=1S/C18H17ClN2/c19-11-14-6-8-15(9-7-14)12-20-13-17-4-1-3-16-5-2-10-21-18(16)17/h1-10,20H,11-13H2. The van der Waals surface area contributed by atoms with Crippen molar-refractivity contribution in [1.82, 2.24) is 10.3 Å². The first-order valence-electron chi connectivity index (χ1n) is 7.04. The molecule has 0 atom stereocenters. The second kappa shape index (κ2) is 6.70. The molecule has 106 valence electrons. The van der Waals surface area contributed by atoms with E-state index in [9.17, 15) is 0 Å². The van der Waals surface area contributed by atoms with Gasteiger partial charge in [-0.25, -0.2) is 0 Å². The van der Waals surface area contributed by atoms with E-state index in [1.165, 1.54) is 16.5 Å². The number of para-hydroxylation sites is 1. The van der Waals surface area contributed by atoms with Crippen molar-refractivity contribution >= 4 is 22.5 Å². The number of rotatable bonds is 5. The highest BCUT2D eigenvalue weighted by molar-refractivity contribution is 6.17. The van der Waals surface area contributed by atoms with Crippen LogP contribution in [0.4, 0.5) is 0 Å². The van der Waals surface area contributed by atoms with Crippen LogP contribution in [0.2, 0.25) is 0 Å². The summed E-state index contributed by atoms with van der Waals surface area (Å²) in [6.45, 7) is 1.65. The number of halogens is 1. The number of pyridine rings is 1. The molecule has 1 N–H and O–H groups in total. The predicted octanol–water partition coefficient (Wildman–Crippen LogP) is 4.26. The summed E-state index contributed by atoms with van der Waals surface area (Å²) in [5, 5.41) is 4.66. The lowest BCUT2D eigenvalue weighted by Crippen LogP contribution is -2.13. The van der Waals surface area contributed by atoms with Crippen molar-refractivity contribution < 1.29 is 0 Å². The smallest absolute Gasteiger partial charge is 0.0746 e. The Morgan fingerprint density at radius 2 is 1.62 bits per heavy atom. The maximum atomic E-state index is 5.80. The van der Waals surface area contributed by atoms with E-state index in [2.05, 4.69) is 58.8 Å². The zero-order valence-electron chi connectivity index (χ0n) is 11.7. The van der Waals surface area contributed by atoms with E-state index < -0.39 is 0 Å². The van der Waals surface area contributed by atoms with Gasteiger partial charge in [-0.2, -0.15) is 0 Å². The van der Waals surface area contributed by atoms with Crippen LogP contribution < -0.4 is 5.32 Å².